The Morgan fingerprint density at radius 3 is 2.55 bits per heavy atom. The van der Waals surface area contributed by atoms with Gasteiger partial charge in [0.1, 0.15) is 35.3 Å². The van der Waals surface area contributed by atoms with Crippen LogP contribution in [0.25, 0.3) is 10.9 Å². The van der Waals surface area contributed by atoms with Crippen LogP contribution in [-0.4, -0.2) is 39.1 Å². The molecule has 1 fully saturated rings. The molecule has 1 aliphatic heterocycles. The van der Waals surface area contributed by atoms with Crippen LogP contribution in [0.15, 0.2) is 30.6 Å². The normalized spacial score (nSPS) is 15.7. The molecule has 0 radical (unpaired) electrons. The third-order valence-corrected chi connectivity index (χ3v) is 4.87. The number of aromatic nitrogens is 4. The maximum Gasteiger partial charge on any atom is 0.433 e. The van der Waals surface area contributed by atoms with Gasteiger partial charge in [0.2, 0.25) is 0 Å². The van der Waals surface area contributed by atoms with Gasteiger partial charge in [-0.3, -0.25) is 0 Å². The Morgan fingerprint density at radius 1 is 1.07 bits per heavy atom. The summed E-state index contributed by atoms with van der Waals surface area (Å²) in [7, 11) is 0. The van der Waals surface area contributed by atoms with E-state index in [-0.39, 0.29) is 23.5 Å². The molecule has 3 heterocycles. The van der Waals surface area contributed by atoms with Crippen molar-refractivity contribution in [2.45, 2.75) is 32.0 Å². The van der Waals surface area contributed by atoms with E-state index in [9.17, 15) is 17.6 Å². The van der Waals surface area contributed by atoms with Crippen molar-refractivity contribution < 1.29 is 17.6 Å². The van der Waals surface area contributed by atoms with Crippen LogP contribution in [0.1, 0.15) is 24.4 Å². The summed E-state index contributed by atoms with van der Waals surface area (Å²) in [5.74, 6) is 0.539. The van der Waals surface area contributed by atoms with Crippen molar-refractivity contribution in [3.8, 4) is 0 Å². The Bertz CT molecular complexity index is 1030. The van der Waals surface area contributed by atoms with E-state index in [0.29, 0.717) is 42.7 Å². The number of nitrogens with zero attached hydrogens (tertiary/aromatic N) is 5. The molecule has 1 aromatic carbocycles. The molecule has 152 valence electrons. The lowest BCUT2D eigenvalue weighted by atomic mass is 10.0. The number of hydrogen-bond donors (Lipinski definition) is 1. The molecule has 0 aliphatic carbocycles. The van der Waals surface area contributed by atoms with Gasteiger partial charge in [0.25, 0.3) is 0 Å². The van der Waals surface area contributed by atoms with Crippen molar-refractivity contribution in [2.75, 3.05) is 23.3 Å². The first-order valence-electron chi connectivity index (χ1n) is 9.14. The average Bonchev–Trinajstić information content (AvgIpc) is 2.68. The van der Waals surface area contributed by atoms with Crippen LogP contribution in [0, 0.1) is 12.7 Å². The highest BCUT2D eigenvalue weighted by atomic mass is 19.4. The molecule has 10 heteroatoms. The lowest BCUT2D eigenvalue weighted by Crippen LogP contribution is -2.40. The minimum atomic E-state index is -4.51. The van der Waals surface area contributed by atoms with Gasteiger partial charge in [-0.25, -0.2) is 24.3 Å². The summed E-state index contributed by atoms with van der Waals surface area (Å²) in [6, 6.07) is 5.36. The maximum absolute atomic E-state index is 13.6. The molecule has 0 spiro atoms. The van der Waals surface area contributed by atoms with Crippen LogP contribution in [-0.2, 0) is 6.18 Å². The fraction of sp³-hybridized carbons (Fsp3) is 0.368. The lowest BCUT2D eigenvalue weighted by molar-refractivity contribution is -0.141. The van der Waals surface area contributed by atoms with E-state index < -0.39 is 11.9 Å². The second-order valence-corrected chi connectivity index (χ2v) is 6.95. The summed E-state index contributed by atoms with van der Waals surface area (Å²) < 4.78 is 52.7. The van der Waals surface area contributed by atoms with Gasteiger partial charge < -0.3 is 10.2 Å². The van der Waals surface area contributed by atoms with Crippen LogP contribution in [0.2, 0.25) is 0 Å². The van der Waals surface area contributed by atoms with E-state index in [4.69, 9.17) is 0 Å². The molecule has 2 aromatic heterocycles. The van der Waals surface area contributed by atoms with Crippen LogP contribution in [0.4, 0.5) is 29.2 Å². The second kappa shape index (κ2) is 7.41. The summed E-state index contributed by atoms with van der Waals surface area (Å²) in [4.78, 5) is 17.8. The zero-order valence-electron chi connectivity index (χ0n) is 15.5. The molecule has 29 heavy (non-hydrogen) atoms. The number of hydrogen-bond acceptors (Lipinski definition) is 6. The summed E-state index contributed by atoms with van der Waals surface area (Å²) in [6.45, 7) is 2.51. The van der Waals surface area contributed by atoms with Crippen molar-refractivity contribution >= 4 is 22.5 Å². The Balaban J connectivity index is 1.47. The van der Waals surface area contributed by atoms with Gasteiger partial charge in [-0.1, -0.05) is 0 Å². The first-order valence-corrected chi connectivity index (χ1v) is 9.14. The first kappa shape index (κ1) is 19.3. The molecule has 1 aliphatic rings. The van der Waals surface area contributed by atoms with Crippen LogP contribution in [0.3, 0.4) is 0 Å². The lowest BCUT2D eigenvalue weighted by Gasteiger charge is -2.33. The van der Waals surface area contributed by atoms with Crippen LogP contribution < -0.4 is 10.2 Å². The van der Waals surface area contributed by atoms with Crippen molar-refractivity contribution in [3.05, 3.63) is 47.9 Å². The Labute approximate surface area is 164 Å². The fourth-order valence-corrected chi connectivity index (χ4v) is 3.45. The molecular formula is C19H18F4N6. The predicted octanol–water partition coefficient (Wildman–Crippen LogP) is 3.97. The van der Waals surface area contributed by atoms with Gasteiger partial charge in [0.15, 0.2) is 0 Å². The van der Waals surface area contributed by atoms with Crippen molar-refractivity contribution in [1.29, 1.82) is 0 Å². The standard InChI is InChI=1S/C19H18F4N6/c1-11-26-16(19(21,22)23)9-17(27-11)29-6-4-13(5-7-29)28-18-14-8-12(20)2-3-15(14)24-10-25-18/h2-3,8-10,13H,4-7H2,1H3,(H,24,25,28). The highest BCUT2D eigenvalue weighted by Gasteiger charge is 2.34. The van der Waals surface area contributed by atoms with E-state index in [2.05, 4.69) is 25.3 Å². The van der Waals surface area contributed by atoms with Gasteiger partial charge in [0, 0.05) is 30.6 Å². The topological polar surface area (TPSA) is 66.8 Å². The van der Waals surface area contributed by atoms with Crippen LogP contribution in [0.5, 0.6) is 0 Å². The summed E-state index contributed by atoms with van der Waals surface area (Å²) in [5, 5.41) is 3.91. The quantitative estimate of drug-likeness (QED) is 0.664. The molecule has 1 N–H and O–H groups in total. The number of rotatable bonds is 3. The van der Waals surface area contributed by atoms with Crippen molar-refractivity contribution in [1.82, 2.24) is 19.9 Å². The number of nitrogens with one attached hydrogen (secondary N) is 1. The molecule has 6 nitrogen and oxygen atoms in total. The SMILES string of the molecule is Cc1nc(N2CCC(Nc3ncnc4ccc(F)cc34)CC2)cc(C(F)(F)F)n1. The minimum absolute atomic E-state index is 0.0534. The van der Waals surface area contributed by atoms with Crippen molar-refractivity contribution in [2.24, 2.45) is 0 Å². The molecular weight excluding hydrogens is 388 g/mol. The molecule has 0 saturated carbocycles. The number of halogens is 4. The van der Waals surface area contributed by atoms with E-state index in [0.717, 1.165) is 6.07 Å². The number of anilines is 2. The summed E-state index contributed by atoms with van der Waals surface area (Å²) in [6.07, 6.45) is -1.75. The second-order valence-electron chi connectivity index (χ2n) is 6.95. The van der Waals surface area contributed by atoms with E-state index in [1.54, 1.807) is 6.07 Å². The Hall–Kier alpha value is -3.04. The number of aryl methyl sites for hydroxylation is 1. The average molecular weight is 406 g/mol. The van der Waals surface area contributed by atoms with Gasteiger partial charge in [-0.2, -0.15) is 13.2 Å². The van der Waals surface area contributed by atoms with Crippen LogP contribution >= 0.6 is 0 Å². The molecule has 0 bridgehead atoms. The molecule has 1 saturated heterocycles. The number of benzene rings is 1. The third-order valence-electron chi connectivity index (χ3n) is 4.87. The molecule has 4 rings (SSSR count). The molecule has 3 aromatic rings. The molecule has 0 atom stereocenters. The highest BCUT2D eigenvalue weighted by Crippen LogP contribution is 2.31. The van der Waals surface area contributed by atoms with Crippen molar-refractivity contribution in [3.63, 3.8) is 0 Å². The highest BCUT2D eigenvalue weighted by molar-refractivity contribution is 5.88. The zero-order chi connectivity index (χ0) is 20.6. The molecule has 0 unspecified atom stereocenters. The summed E-state index contributed by atoms with van der Waals surface area (Å²) in [5.41, 5.74) is -0.299. The van der Waals surface area contributed by atoms with Gasteiger partial charge in [-0.05, 0) is 38.0 Å². The molecule has 0 amide bonds. The van der Waals surface area contributed by atoms with E-state index in [1.165, 1.54) is 25.4 Å². The van der Waals surface area contributed by atoms with Gasteiger partial charge >= 0.3 is 6.18 Å². The maximum atomic E-state index is 13.6. The first-order chi connectivity index (χ1) is 13.8. The van der Waals surface area contributed by atoms with E-state index >= 15 is 0 Å². The van der Waals surface area contributed by atoms with Gasteiger partial charge in [-0.15, -0.1) is 0 Å². The minimum Gasteiger partial charge on any atom is -0.367 e. The number of fused-ring (bicyclic) bond motifs is 1. The number of piperidine rings is 1. The Kier molecular flexibility index (Phi) is 4.93. The number of alkyl halides is 3. The van der Waals surface area contributed by atoms with E-state index in [1.807, 2.05) is 4.90 Å². The Morgan fingerprint density at radius 2 is 1.83 bits per heavy atom. The predicted molar refractivity (Wildman–Crippen MR) is 100 cm³/mol. The largest absolute Gasteiger partial charge is 0.433 e. The fourth-order valence-electron chi connectivity index (χ4n) is 3.45. The van der Waals surface area contributed by atoms with Gasteiger partial charge in [0.05, 0.1) is 5.52 Å². The smallest absolute Gasteiger partial charge is 0.367 e. The monoisotopic (exact) mass is 406 g/mol. The third kappa shape index (κ3) is 4.20. The zero-order valence-corrected chi connectivity index (χ0v) is 15.5. The summed E-state index contributed by atoms with van der Waals surface area (Å²) >= 11 is 0.